The zero-order chi connectivity index (χ0) is 12.4. The van der Waals surface area contributed by atoms with Crippen molar-refractivity contribution in [3.63, 3.8) is 0 Å². The van der Waals surface area contributed by atoms with Crippen molar-refractivity contribution in [3.05, 3.63) is 0 Å². The highest BCUT2D eigenvalue weighted by molar-refractivity contribution is 5.78. The Kier molecular flexibility index (Phi) is 9.30. The van der Waals surface area contributed by atoms with Crippen molar-refractivity contribution in [2.45, 2.75) is 71.9 Å². The number of hydrogen-bond donors (Lipinski definition) is 2. The molecule has 0 aliphatic carbocycles. The first kappa shape index (κ1) is 15.4. The topological polar surface area (TPSA) is 41.1 Å². The van der Waals surface area contributed by atoms with Crippen LogP contribution in [0.2, 0.25) is 0 Å². The highest BCUT2D eigenvalue weighted by Gasteiger charge is 2.09. The second kappa shape index (κ2) is 9.64. The summed E-state index contributed by atoms with van der Waals surface area (Å²) in [6.07, 6.45) is 5.57. The van der Waals surface area contributed by atoms with Crippen molar-refractivity contribution in [3.8, 4) is 0 Å². The number of nitrogens with one attached hydrogen (secondary N) is 2. The highest BCUT2D eigenvalue weighted by atomic mass is 16.1. The van der Waals surface area contributed by atoms with E-state index in [1.165, 1.54) is 6.42 Å². The molecule has 1 amide bonds. The van der Waals surface area contributed by atoms with Crippen molar-refractivity contribution in [2.75, 3.05) is 6.54 Å². The molecular weight excluding hydrogens is 200 g/mol. The van der Waals surface area contributed by atoms with Crippen molar-refractivity contribution >= 4 is 5.91 Å². The molecule has 0 radical (unpaired) electrons. The predicted molar refractivity (Wildman–Crippen MR) is 69.5 cm³/mol. The van der Waals surface area contributed by atoms with Crippen LogP contribution >= 0.6 is 0 Å². The van der Waals surface area contributed by atoms with E-state index in [0.29, 0.717) is 18.6 Å². The molecule has 0 aromatic rings. The molecule has 0 aliphatic heterocycles. The van der Waals surface area contributed by atoms with Crippen molar-refractivity contribution < 1.29 is 4.79 Å². The van der Waals surface area contributed by atoms with Crippen LogP contribution in [0.25, 0.3) is 0 Å². The van der Waals surface area contributed by atoms with Crippen LogP contribution in [0.1, 0.15) is 59.8 Å². The summed E-state index contributed by atoms with van der Waals surface area (Å²) in [5.74, 6) is 0.121. The van der Waals surface area contributed by atoms with Crippen LogP contribution in [0.3, 0.4) is 0 Å². The fourth-order valence-corrected chi connectivity index (χ4v) is 1.87. The standard InChI is InChI=1S/C13H28N2O/c1-5-8-11(4)15-13(16)10-14-12(7-3)9-6-2/h11-12,14H,5-10H2,1-4H3,(H,15,16). The molecule has 2 N–H and O–H groups in total. The third-order valence-electron chi connectivity index (χ3n) is 2.81. The first-order chi connectivity index (χ1) is 7.63. The van der Waals surface area contributed by atoms with Crippen LogP contribution < -0.4 is 10.6 Å². The van der Waals surface area contributed by atoms with Gasteiger partial charge in [-0.15, -0.1) is 0 Å². The number of hydrogen-bond acceptors (Lipinski definition) is 2. The van der Waals surface area contributed by atoms with Crippen molar-refractivity contribution in [2.24, 2.45) is 0 Å². The summed E-state index contributed by atoms with van der Waals surface area (Å²) in [6, 6.07) is 0.780. The first-order valence-electron chi connectivity index (χ1n) is 6.66. The van der Waals surface area contributed by atoms with Crippen LogP contribution in [0.15, 0.2) is 0 Å². The van der Waals surface area contributed by atoms with E-state index in [4.69, 9.17) is 0 Å². The van der Waals surface area contributed by atoms with Gasteiger partial charge >= 0.3 is 0 Å². The van der Waals surface area contributed by atoms with Crippen molar-refractivity contribution in [1.82, 2.24) is 10.6 Å². The summed E-state index contributed by atoms with van der Waals surface area (Å²) in [6.45, 7) is 8.98. The summed E-state index contributed by atoms with van der Waals surface area (Å²) in [5.41, 5.74) is 0. The fourth-order valence-electron chi connectivity index (χ4n) is 1.87. The maximum Gasteiger partial charge on any atom is 0.234 e. The van der Waals surface area contributed by atoms with Gasteiger partial charge in [0.1, 0.15) is 0 Å². The first-order valence-corrected chi connectivity index (χ1v) is 6.66. The lowest BCUT2D eigenvalue weighted by molar-refractivity contribution is -0.121. The smallest absolute Gasteiger partial charge is 0.234 e. The average Bonchev–Trinajstić information content (AvgIpc) is 2.24. The van der Waals surface area contributed by atoms with Gasteiger partial charge in [0.15, 0.2) is 0 Å². The molecule has 2 unspecified atom stereocenters. The summed E-state index contributed by atoms with van der Waals surface area (Å²) >= 11 is 0. The number of carbonyl (C=O) groups is 1. The lowest BCUT2D eigenvalue weighted by atomic mass is 10.1. The minimum Gasteiger partial charge on any atom is -0.353 e. The van der Waals surface area contributed by atoms with E-state index in [0.717, 1.165) is 25.7 Å². The van der Waals surface area contributed by atoms with Crippen LogP contribution in [0, 0.1) is 0 Å². The van der Waals surface area contributed by atoms with Gasteiger partial charge < -0.3 is 10.6 Å². The lowest BCUT2D eigenvalue weighted by Crippen LogP contribution is -2.42. The van der Waals surface area contributed by atoms with Gasteiger partial charge in [0.2, 0.25) is 5.91 Å². The molecule has 16 heavy (non-hydrogen) atoms. The molecule has 0 aliphatic rings. The van der Waals surface area contributed by atoms with Crippen LogP contribution in [0.5, 0.6) is 0 Å². The molecule has 0 heterocycles. The monoisotopic (exact) mass is 228 g/mol. The zero-order valence-corrected chi connectivity index (χ0v) is 11.3. The highest BCUT2D eigenvalue weighted by Crippen LogP contribution is 2.00. The molecule has 3 nitrogen and oxygen atoms in total. The third-order valence-corrected chi connectivity index (χ3v) is 2.81. The molecule has 0 bridgehead atoms. The van der Waals surface area contributed by atoms with Crippen LogP contribution in [-0.2, 0) is 4.79 Å². The Bertz CT molecular complexity index is 183. The Morgan fingerprint density at radius 2 is 1.75 bits per heavy atom. The quantitative estimate of drug-likeness (QED) is 0.636. The van der Waals surface area contributed by atoms with Gasteiger partial charge in [-0.05, 0) is 26.2 Å². The van der Waals surface area contributed by atoms with Gasteiger partial charge in [0.05, 0.1) is 6.54 Å². The van der Waals surface area contributed by atoms with Gasteiger partial charge in [0.25, 0.3) is 0 Å². The molecule has 96 valence electrons. The second-order valence-corrected chi connectivity index (χ2v) is 4.53. The minimum atomic E-state index is 0.121. The minimum absolute atomic E-state index is 0.121. The van der Waals surface area contributed by atoms with Gasteiger partial charge in [-0.1, -0.05) is 33.6 Å². The Labute approximate surface area is 100 Å². The fraction of sp³-hybridized carbons (Fsp3) is 0.923. The van der Waals surface area contributed by atoms with Crippen molar-refractivity contribution in [1.29, 1.82) is 0 Å². The van der Waals surface area contributed by atoms with E-state index < -0.39 is 0 Å². The molecule has 0 fully saturated rings. The van der Waals surface area contributed by atoms with E-state index in [1.807, 2.05) is 0 Å². The molecule has 0 spiro atoms. The van der Waals surface area contributed by atoms with E-state index >= 15 is 0 Å². The average molecular weight is 228 g/mol. The van der Waals surface area contributed by atoms with Crippen LogP contribution in [-0.4, -0.2) is 24.5 Å². The van der Waals surface area contributed by atoms with Gasteiger partial charge in [0, 0.05) is 12.1 Å². The molecular formula is C13H28N2O. The van der Waals surface area contributed by atoms with E-state index in [-0.39, 0.29) is 5.91 Å². The SMILES string of the molecule is CCCC(C)NC(=O)CNC(CC)CCC. The van der Waals surface area contributed by atoms with Gasteiger partial charge in [-0.2, -0.15) is 0 Å². The normalized spacial score (nSPS) is 14.5. The number of amides is 1. The largest absolute Gasteiger partial charge is 0.353 e. The van der Waals surface area contributed by atoms with E-state index in [1.54, 1.807) is 0 Å². The Morgan fingerprint density at radius 1 is 1.12 bits per heavy atom. The molecule has 0 rings (SSSR count). The molecule has 0 aromatic carbocycles. The second-order valence-electron chi connectivity index (χ2n) is 4.53. The van der Waals surface area contributed by atoms with E-state index in [9.17, 15) is 4.79 Å². The number of rotatable bonds is 9. The Hall–Kier alpha value is -0.570. The molecule has 2 atom stereocenters. The van der Waals surface area contributed by atoms with Gasteiger partial charge in [-0.3, -0.25) is 4.79 Å². The molecule has 0 aromatic heterocycles. The molecule has 3 heteroatoms. The van der Waals surface area contributed by atoms with Gasteiger partial charge in [-0.25, -0.2) is 0 Å². The zero-order valence-electron chi connectivity index (χ0n) is 11.3. The summed E-state index contributed by atoms with van der Waals surface area (Å²) in [5, 5.41) is 6.31. The predicted octanol–water partition coefficient (Wildman–Crippen LogP) is 2.46. The summed E-state index contributed by atoms with van der Waals surface area (Å²) < 4.78 is 0. The maximum atomic E-state index is 11.6. The summed E-state index contributed by atoms with van der Waals surface area (Å²) in [4.78, 5) is 11.6. The number of carbonyl (C=O) groups excluding carboxylic acids is 1. The van der Waals surface area contributed by atoms with Crippen LogP contribution in [0.4, 0.5) is 0 Å². The lowest BCUT2D eigenvalue weighted by Gasteiger charge is -2.17. The van der Waals surface area contributed by atoms with E-state index in [2.05, 4.69) is 38.3 Å². The maximum absolute atomic E-state index is 11.6. The Balaban J connectivity index is 3.70. The third kappa shape index (κ3) is 7.69. The molecule has 0 saturated carbocycles. The Morgan fingerprint density at radius 3 is 2.25 bits per heavy atom. The molecule has 0 saturated heterocycles. The summed E-state index contributed by atoms with van der Waals surface area (Å²) in [7, 11) is 0.